The highest BCUT2D eigenvalue weighted by Gasteiger charge is 2.31. The van der Waals surface area contributed by atoms with Crippen LogP contribution >= 0.6 is 24.0 Å². The molecule has 1 aromatic rings. The average Bonchev–Trinajstić information content (AvgIpc) is 2.65. The first-order valence-electron chi connectivity index (χ1n) is 10.4. The lowest BCUT2D eigenvalue weighted by atomic mass is 9.72. The molecule has 0 atom stereocenters. The standard InChI is InChI=1S/C22H38N4O.HI/c1-5-23-21(25-17-22(13-14-27)11-7-6-8-12-22)24-16-19-9-10-20(26(3)4)15-18(19)2;/h9-10,15,27H,5-8,11-14,16-17H2,1-4H3,(H2,23,24,25);1H. The van der Waals surface area contributed by atoms with Crippen LogP contribution in [-0.4, -0.2) is 44.9 Å². The van der Waals surface area contributed by atoms with Crippen LogP contribution in [0.4, 0.5) is 5.69 Å². The third kappa shape index (κ3) is 7.43. The van der Waals surface area contributed by atoms with E-state index >= 15 is 0 Å². The number of benzene rings is 1. The van der Waals surface area contributed by atoms with E-state index in [4.69, 9.17) is 4.99 Å². The average molecular weight is 502 g/mol. The molecule has 0 spiro atoms. The van der Waals surface area contributed by atoms with Crippen molar-refractivity contribution in [3.8, 4) is 0 Å². The molecule has 0 heterocycles. The lowest BCUT2D eigenvalue weighted by Gasteiger charge is -2.37. The molecule has 0 unspecified atom stereocenters. The smallest absolute Gasteiger partial charge is 0.191 e. The Balaban J connectivity index is 0.00000392. The van der Waals surface area contributed by atoms with Crippen molar-refractivity contribution in [2.75, 3.05) is 38.7 Å². The number of aliphatic hydroxyl groups is 1. The number of nitrogens with zero attached hydrogens (tertiary/aromatic N) is 2. The first kappa shape index (κ1) is 25.0. The summed E-state index contributed by atoms with van der Waals surface area (Å²) in [5.74, 6) is 0.872. The molecule has 1 saturated carbocycles. The number of rotatable bonds is 8. The molecule has 1 fully saturated rings. The van der Waals surface area contributed by atoms with Gasteiger partial charge in [-0.25, -0.2) is 4.99 Å². The maximum absolute atomic E-state index is 9.52. The lowest BCUT2D eigenvalue weighted by Crippen LogP contribution is -2.45. The quantitative estimate of drug-likeness (QED) is 0.285. The van der Waals surface area contributed by atoms with Crippen molar-refractivity contribution in [1.82, 2.24) is 10.6 Å². The molecule has 160 valence electrons. The van der Waals surface area contributed by atoms with Gasteiger partial charge in [-0.3, -0.25) is 0 Å². The van der Waals surface area contributed by atoms with E-state index in [1.54, 1.807) is 0 Å². The lowest BCUT2D eigenvalue weighted by molar-refractivity contribution is 0.131. The molecule has 0 radical (unpaired) electrons. The van der Waals surface area contributed by atoms with Gasteiger partial charge >= 0.3 is 0 Å². The van der Waals surface area contributed by atoms with E-state index in [2.05, 4.69) is 61.7 Å². The third-order valence-electron chi connectivity index (χ3n) is 5.78. The summed E-state index contributed by atoms with van der Waals surface area (Å²) in [6.45, 7) is 6.92. The Morgan fingerprint density at radius 3 is 2.46 bits per heavy atom. The van der Waals surface area contributed by atoms with Crippen LogP contribution in [0, 0.1) is 12.3 Å². The summed E-state index contributed by atoms with van der Waals surface area (Å²) < 4.78 is 0. The minimum absolute atomic E-state index is 0. The fraction of sp³-hybridized carbons (Fsp3) is 0.682. The number of aliphatic hydroxyl groups excluding tert-OH is 1. The Hall–Kier alpha value is -1.02. The maximum atomic E-state index is 9.52. The Kier molecular flexibility index (Phi) is 11.2. The van der Waals surface area contributed by atoms with Crippen LogP contribution in [0.2, 0.25) is 0 Å². The van der Waals surface area contributed by atoms with Crippen molar-refractivity contribution in [2.45, 2.75) is 58.9 Å². The topological polar surface area (TPSA) is 59.9 Å². The SMILES string of the molecule is CCNC(=NCc1ccc(N(C)C)cc1C)NCC1(CCO)CCCCC1.I. The predicted molar refractivity (Wildman–Crippen MR) is 131 cm³/mol. The first-order valence-corrected chi connectivity index (χ1v) is 10.4. The van der Waals surface area contributed by atoms with Crippen molar-refractivity contribution in [3.05, 3.63) is 29.3 Å². The number of nitrogens with one attached hydrogen (secondary N) is 2. The van der Waals surface area contributed by atoms with Crippen LogP contribution in [0.15, 0.2) is 23.2 Å². The first-order chi connectivity index (χ1) is 13.0. The summed E-state index contributed by atoms with van der Waals surface area (Å²) in [5.41, 5.74) is 3.95. The molecule has 0 amide bonds. The maximum Gasteiger partial charge on any atom is 0.191 e. The Morgan fingerprint density at radius 1 is 1.18 bits per heavy atom. The number of aryl methyl sites for hydroxylation is 1. The number of hydrogen-bond donors (Lipinski definition) is 3. The van der Waals surface area contributed by atoms with Gasteiger partial charge in [-0.05, 0) is 61.8 Å². The molecule has 1 aromatic carbocycles. The molecule has 28 heavy (non-hydrogen) atoms. The molecular formula is C22H39IN4O. The molecule has 6 heteroatoms. The van der Waals surface area contributed by atoms with Crippen molar-refractivity contribution in [2.24, 2.45) is 10.4 Å². The Labute approximate surface area is 188 Å². The van der Waals surface area contributed by atoms with Gasteiger partial charge in [0.05, 0.1) is 6.54 Å². The zero-order valence-corrected chi connectivity index (χ0v) is 20.4. The van der Waals surface area contributed by atoms with Gasteiger partial charge < -0.3 is 20.6 Å². The fourth-order valence-electron chi connectivity index (χ4n) is 3.97. The van der Waals surface area contributed by atoms with E-state index in [-0.39, 0.29) is 36.0 Å². The summed E-state index contributed by atoms with van der Waals surface area (Å²) in [6.07, 6.45) is 7.14. The summed E-state index contributed by atoms with van der Waals surface area (Å²) in [7, 11) is 4.13. The van der Waals surface area contributed by atoms with Crippen LogP contribution in [0.5, 0.6) is 0 Å². The summed E-state index contributed by atoms with van der Waals surface area (Å²) in [6, 6.07) is 6.53. The second-order valence-electron chi connectivity index (χ2n) is 8.09. The van der Waals surface area contributed by atoms with E-state index in [0.717, 1.165) is 25.5 Å². The zero-order valence-electron chi connectivity index (χ0n) is 18.1. The number of hydrogen-bond acceptors (Lipinski definition) is 3. The van der Waals surface area contributed by atoms with E-state index in [0.29, 0.717) is 6.54 Å². The molecule has 0 bridgehead atoms. The molecule has 3 N–H and O–H groups in total. The van der Waals surface area contributed by atoms with Crippen LogP contribution in [-0.2, 0) is 6.54 Å². The van der Waals surface area contributed by atoms with Gasteiger partial charge in [-0.15, -0.1) is 24.0 Å². The highest BCUT2D eigenvalue weighted by atomic mass is 127. The highest BCUT2D eigenvalue weighted by molar-refractivity contribution is 14.0. The zero-order chi connectivity index (χ0) is 19.7. The van der Waals surface area contributed by atoms with Crippen LogP contribution < -0.4 is 15.5 Å². The number of aliphatic imine (C=N–C) groups is 1. The highest BCUT2D eigenvalue weighted by Crippen LogP contribution is 2.38. The second kappa shape index (κ2) is 12.5. The van der Waals surface area contributed by atoms with Gasteiger partial charge in [0, 0.05) is 39.5 Å². The molecule has 5 nitrogen and oxygen atoms in total. The number of halogens is 1. The molecule has 0 saturated heterocycles. The van der Waals surface area contributed by atoms with Crippen LogP contribution in [0.25, 0.3) is 0 Å². The van der Waals surface area contributed by atoms with Gasteiger partial charge in [0.15, 0.2) is 5.96 Å². The van der Waals surface area contributed by atoms with E-state index in [9.17, 15) is 5.11 Å². The van der Waals surface area contributed by atoms with Gasteiger partial charge in [-0.2, -0.15) is 0 Å². The normalized spacial score (nSPS) is 16.2. The summed E-state index contributed by atoms with van der Waals surface area (Å²) in [5, 5.41) is 16.4. The predicted octanol–water partition coefficient (Wildman–Crippen LogP) is 4.07. The van der Waals surface area contributed by atoms with Gasteiger partial charge in [0.1, 0.15) is 0 Å². The van der Waals surface area contributed by atoms with E-state index in [1.165, 1.54) is 48.9 Å². The number of guanidine groups is 1. The van der Waals surface area contributed by atoms with Crippen LogP contribution in [0.3, 0.4) is 0 Å². The monoisotopic (exact) mass is 502 g/mol. The minimum Gasteiger partial charge on any atom is -0.396 e. The largest absolute Gasteiger partial charge is 0.396 e. The Morgan fingerprint density at radius 2 is 1.89 bits per heavy atom. The van der Waals surface area contributed by atoms with Gasteiger partial charge in [0.2, 0.25) is 0 Å². The van der Waals surface area contributed by atoms with Gasteiger partial charge in [-0.1, -0.05) is 25.3 Å². The molecule has 1 aliphatic rings. The van der Waals surface area contributed by atoms with Crippen molar-refractivity contribution < 1.29 is 5.11 Å². The van der Waals surface area contributed by atoms with E-state index < -0.39 is 0 Å². The fourth-order valence-corrected chi connectivity index (χ4v) is 3.97. The van der Waals surface area contributed by atoms with Crippen molar-refractivity contribution in [3.63, 3.8) is 0 Å². The van der Waals surface area contributed by atoms with Crippen molar-refractivity contribution >= 4 is 35.6 Å². The second-order valence-corrected chi connectivity index (χ2v) is 8.09. The van der Waals surface area contributed by atoms with E-state index in [1.807, 2.05) is 0 Å². The number of anilines is 1. The molecule has 1 aliphatic carbocycles. The van der Waals surface area contributed by atoms with Crippen molar-refractivity contribution in [1.29, 1.82) is 0 Å². The molecule has 0 aliphatic heterocycles. The van der Waals surface area contributed by atoms with Gasteiger partial charge in [0.25, 0.3) is 0 Å². The third-order valence-corrected chi connectivity index (χ3v) is 5.78. The minimum atomic E-state index is 0. The molecule has 2 rings (SSSR count). The molecule has 0 aromatic heterocycles. The Bertz CT molecular complexity index is 607. The summed E-state index contributed by atoms with van der Waals surface area (Å²) >= 11 is 0. The summed E-state index contributed by atoms with van der Waals surface area (Å²) in [4.78, 5) is 6.93. The van der Waals surface area contributed by atoms with Crippen LogP contribution in [0.1, 0.15) is 56.6 Å². The molecular weight excluding hydrogens is 463 g/mol.